The summed E-state index contributed by atoms with van der Waals surface area (Å²) >= 11 is 11.8. The van der Waals surface area contributed by atoms with E-state index in [9.17, 15) is 9.59 Å². The molecular weight excluding hydrogens is 343 g/mol. The van der Waals surface area contributed by atoms with Gasteiger partial charge in [-0.25, -0.2) is 9.78 Å². The zero-order valence-electron chi connectivity index (χ0n) is 12.3. The number of aromatic nitrogens is 1. The highest BCUT2D eigenvalue weighted by Gasteiger charge is 2.25. The number of halogens is 2. The predicted molar refractivity (Wildman–Crippen MR) is 85.7 cm³/mol. The molecule has 0 spiro atoms. The number of hydrogen-bond donors (Lipinski definition) is 2. The third-order valence-electron chi connectivity index (χ3n) is 3.12. The topological polar surface area (TPSA) is 92.4 Å². The maximum Gasteiger partial charge on any atom is 0.326 e. The Morgan fingerprint density at radius 3 is 2.52 bits per heavy atom. The van der Waals surface area contributed by atoms with E-state index in [1.807, 2.05) is 0 Å². The van der Waals surface area contributed by atoms with Crippen LogP contribution in [0, 0.1) is 5.92 Å². The monoisotopic (exact) mass is 356 g/mol. The summed E-state index contributed by atoms with van der Waals surface area (Å²) in [5, 5.41) is 12.2. The van der Waals surface area contributed by atoms with Crippen molar-refractivity contribution in [2.45, 2.75) is 19.9 Å². The molecule has 2 rings (SSSR count). The Bertz CT molecular complexity index is 743. The maximum atomic E-state index is 12.1. The average Bonchev–Trinajstić information content (AvgIpc) is 2.96. The molecule has 1 aromatic heterocycles. The van der Waals surface area contributed by atoms with Crippen LogP contribution in [0.15, 0.2) is 28.9 Å². The second-order valence-corrected chi connectivity index (χ2v) is 6.01. The van der Waals surface area contributed by atoms with Crippen LogP contribution in [0.2, 0.25) is 10.0 Å². The smallest absolute Gasteiger partial charge is 0.326 e. The Balaban J connectivity index is 2.19. The number of carbonyl (C=O) groups is 2. The number of hydrogen-bond acceptors (Lipinski definition) is 4. The average molecular weight is 357 g/mol. The summed E-state index contributed by atoms with van der Waals surface area (Å²) in [6.07, 6.45) is 1.16. The molecule has 2 N–H and O–H groups in total. The number of rotatable bonds is 5. The molecule has 0 saturated carbocycles. The normalized spacial score (nSPS) is 12.2. The van der Waals surface area contributed by atoms with Gasteiger partial charge in [0.15, 0.2) is 5.69 Å². The summed E-state index contributed by atoms with van der Waals surface area (Å²) in [6, 6.07) is 3.79. The third-order valence-corrected chi connectivity index (χ3v) is 3.86. The van der Waals surface area contributed by atoms with E-state index in [1.54, 1.807) is 32.0 Å². The summed E-state index contributed by atoms with van der Waals surface area (Å²) in [5.41, 5.74) is 0.537. The van der Waals surface area contributed by atoms with E-state index in [4.69, 9.17) is 32.7 Å². The van der Waals surface area contributed by atoms with Crippen molar-refractivity contribution in [3.05, 3.63) is 40.2 Å². The molecule has 2 aromatic rings. The molecule has 23 heavy (non-hydrogen) atoms. The van der Waals surface area contributed by atoms with Crippen molar-refractivity contribution in [3.8, 4) is 11.5 Å². The van der Waals surface area contributed by atoms with E-state index in [2.05, 4.69) is 10.3 Å². The van der Waals surface area contributed by atoms with Gasteiger partial charge in [-0.2, -0.15) is 0 Å². The van der Waals surface area contributed by atoms with Gasteiger partial charge < -0.3 is 14.8 Å². The van der Waals surface area contributed by atoms with Gasteiger partial charge in [-0.3, -0.25) is 4.79 Å². The fraction of sp³-hybridized carbons (Fsp3) is 0.267. The molecule has 8 heteroatoms. The molecule has 0 aliphatic carbocycles. The van der Waals surface area contributed by atoms with Crippen molar-refractivity contribution in [2.75, 3.05) is 0 Å². The minimum absolute atomic E-state index is 0.0158. The maximum absolute atomic E-state index is 12.1. The Kier molecular flexibility index (Phi) is 5.28. The molecule has 1 amide bonds. The molecule has 0 radical (unpaired) electrons. The summed E-state index contributed by atoms with van der Waals surface area (Å²) in [6.45, 7) is 3.39. The van der Waals surface area contributed by atoms with Crippen molar-refractivity contribution >= 4 is 35.1 Å². The first kappa shape index (κ1) is 17.3. The second kappa shape index (κ2) is 7.02. The predicted octanol–water partition coefficient (Wildman–Crippen LogP) is 3.49. The van der Waals surface area contributed by atoms with Gasteiger partial charge in [-0.15, -0.1) is 0 Å². The first-order chi connectivity index (χ1) is 10.8. The lowest BCUT2D eigenvalue weighted by atomic mass is 10.0. The number of nitrogens with one attached hydrogen (secondary N) is 1. The lowest BCUT2D eigenvalue weighted by Crippen LogP contribution is -2.44. The highest BCUT2D eigenvalue weighted by Crippen LogP contribution is 2.28. The SMILES string of the molecule is CC(C)C(NC(=O)c1coc(-c2ccc(Cl)c(Cl)c2)n1)C(=O)O. The van der Waals surface area contributed by atoms with Gasteiger partial charge in [0.2, 0.25) is 5.89 Å². The standard InChI is InChI=1S/C15H14Cl2N2O4/c1-7(2)12(15(21)22)19-13(20)11-6-23-14(18-11)8-3-4-9(16)10(17)5-8/h3-7,12H,1-2H3,(H,19,20)(H,21,22). The molecule has 6 nitrogen and oxygen atoms in total. The number of carboxylic acids is 1. The Morgan fingerprint density at radius 2 is 1.96 bits per heavy atom. The van der Waals surface area contributed by atoms with Crippen LogP contribution in [0.1, 0.15) is 24.3 Å². The Hall–Kier alpha value is -2.05. The number of carboxylic acid groups (broad SMARTS) is 1. The first-order valence-electron chi connectivity index (χ1n) is 6.74. The van der Waals surface area contributed by atoms with Crippen LogP contribution >= 0.6 is 23.2 Å². The van der Waals surface area contributed by atoms with Crippen LogP contribution in [0.25, 0.3) is 11.5 Å². The van der Waals surface area contributed by atoms with Crippen molar-refractivity contribution in [3.63, 3.8) is 0 Å². The van der Waals surface area contributed by atoms with Crippen LogP contribution in [0.5, 0.6) is 0 Å². The molecule has 0 aliphatic rings. The number of oxazole rings is 1. The summed E-state index contributed by atoms with van der Waals surface area (Å²) in [7, 11) is 0. The van der Waals surface area contributed by atoms with Crippen LogP contribution in [-0.4, -0.2) is 28.0 Å². The zero-order valence-corrected chi connectivity index (χ0v) is 13.9. The zero-order chi connectivity index (χ0) is 17.1. The molecule has 1 unspecified atom stereocenters. The highest BCUT2D eigenvalue weighted by atomic mass is 35.5. The van der Waals surface area contributed by atoms with E-state index >= 15 is 0 Å². The summed E-state index contributed by atoms with van der Waals surface area (Å²) in [5.74, 6) is -1.81. The highest BCUT2D eigenvalue weighted by molar-refractivity contribution is 6.42. The molecule has 1 heterocycles. The number of aliphatic carboxylic acids is 1. The number of carbonyl (C=O) groups excluding carboxylic acids is 1. The molecule has 1 atom stereocenters. The quantitative estimate of drug-likeness (QED) is 0.855. The van der Waals surface area contributed by atoms with Gasteiger partial charge in [-0.05, 0) is 24.1 Å². The third kappa shape index (κ3) is 4.03. The lowest BCUT2D eigenvalue weighted by molar-refractivity contribution is -0.140. The van der Waals surface area contributed by atoms with E-state index in [0.717, 1.165) is 6.26 Å². The number of nitrogens with zero attached hydrogens (tertiary/aromatic N) is 1. The van der Waals surface area contributed by atoms with Crippen LogP contribution < -0.4 is 5.32 Å². The Labute approximate surface area is 142 Å². The molecule has 0 saturated heterocycles. The summed E-state index contributed by atoms with van der Waals surface area (Å²) in [4.78, 5) is 27.3. The van der Waals surface area contributed by atoms with E-state index < -0.39 is 17.9 Å². The van der Waals surface area contributed by atoms with Gasteiger partial charge in [0, 0.05) is 5.56 Å². The van der Waals surface area contributed by atoms with Crippen LogP contribution in [0.4, 0.5) is 0 Å². The fourth-order valence-electron chi connectivity index (χ4n) is 1.87. The minimum atomic E-state index is -1.11. The van der Waals surface area contributed by atoms with E-state index in [0.29, 0.717) is 15.6 Å². The number of amides is 1. The second-order valence-electron chi connectivity index (χ2n) is 5.20. The van der Waals surface area contributed by atoms with E-state index in [-0.39, 0.29) is 17.5 Å². The molecule has 0 bridgehead atoms. The lowest BCUT2D eigenvalue weighted by Gasteiger charge is -2.16. The van der Waals surface area contributed by atoms with Crippen LogP contribution in [0.3, 0.4) is 0 Å². The molecule has 0 fully saturated rings. The largest absolute Gasteiger partial charge is 0.480 e. The summed E-state index contributed by atoms with van der Waals surface area (Å²) < 4.78 is 5.25. The van der Waals surface area contributed by atoms with Crippen LogP contribution in [-0.2, 0) is 4.79 Å². The molecule has 1 aromatic carbocycles. The molecular formula is C15H14Cl2N2O4. The fourth-order valence-corrected chi connectivity index (χ4v) is 2.17. The minimum Gasteiger partial charge on any atom is -0.480 e. The van der Waals surface area contributed by atoms with Gasteiger partial charge in [0.25, 0.3) is 5.91 Å². The van der Waals surface area contributed by atoms with Gasteiger partial charge in [0.05, 0.1) is 10.0 Å². The van der Waals surface area contributed by atoms with Crippen molar-refractivity contribution in [1.29, 1.82) is 0 Å². The Morgan fingerprint density at radius 1 is 1.26 bits per heavy atom. The molecule has 0 aliphatic heterocycles. The number of benzene rings is 1. The van der Waals surface area contributed by atoms with Crippen molar-refractivity contribution < 1.29 is 19.1 Å². The van der Waals surface area contributed by atoms with Crippen molar-refractivity contribution in [2.24, 2.45) is 5.92 Å². The van der Waals surface area contributed by atoms with Gasteiger partial charge >= 0.3 is 5.97 Å². The van der Waals surface area contributed by atoms with E-state index in [1.165, 1.54) is 0 Å². The van der Waals surface area contributed by atoms with Crippen molar-refractivity contribution in [1.82, 2.24) is 10.3 Å². The molecule has 122 valence electrons. The van der Waals surface area contributed by atoms with Gasteiger partial charge in [0.1, 0.15) is 12.3 Å². The first-order valence-corrected chi connectivity index (χ1v) is 7.49. The van der Waals surface area contributed by atoms with Gasteiger partial charge in [-0.1, -0.05) is 37.0 Å².